The maximum atomic E-state index is 12.4. The summed E-state index contributed by atoms with van der Waals surface area (Å²) < 4.78 is 0. The van der Waals surface area contributed by atoms with Crippen molar-refractivity contribution in [1.82, 2.24) is 4.90 Å². The summed E-state index contributed by atoms with van der Waals surface area (Å²) in [4.78, 5) is 26.3. The molecule has 1 heterocycles. The molecule has 130 valence electrons. The van der Waals surface area contributed by atoms with E-state index in [-0.39, 0.29) is 24.2 Å². The summed E-state index contributed by atoms with van der Waals surface area (Å²) in [5.74, 6) is -0.372. The molecule has 1 fully saturated rings. The Morgan fingerprint density at radius 1 is 1.16 bits per heavy atom. The first-order valence-electron chi connectivity index (χ1n) is 8.50. The van der Waals surface area contributed by atoms with Crippen LogP contribution in [0.5, 0.6) is 0 Å². The molecule has 3 rings (SSSR count). The van der Waals surface area contributed by atoms with Gasteiger partial charge in [0.2, 0.25) is 11.8 Å². The van der Waals surface area contributed by atoms with E-state index < -0.39 is 0 Å². The zero-order valence-corrected chi connectivity index (χ0v) is 14.7. The molecule has 0 bridgehead atoms. The number of hydrogen-bond acceptors (Lipinski definition) is 2. The largest absolute Gasteiger partial charge is 0.342 e. The van der Waals surface area contributed by atoms with Gasteiger partial charge in [-0.1, -0.05) is 48.0 Å². The van der Waals surface area contributed by atoms with Gasteiger partial charge >= 0.3 is 0 Å². The van der Waals surface area contributed by atoms with Gasteiger partial charge in [-0.25, -0.2) is 0 Å². The molecule has 1 unspecified atom stereocenters. The maximum absolute atomic E-state index is 12.4. The fourth-order valence-corrected chi connectivity index (χ4v) is 3.28. The molecule has 2 amide bonds. The van der Waals surface area contributed by atoms with Gasteiger partial charge in [0.15, 0.2) is 0 Å². The summed E-state index contributed by atoms with van der Waals surface area (Å²) >= 11 is 5.93. The predicted octanol–water partition coefficient (Wildman–Crippen LogP) is 3.76. The average molecular weight is 357 g/mol. The topological polar surface area (TPSA) is 49.4 Å². The van der Waals surface area contributed by atoms with Crippen LogP contribution >= 0.6 is 11.6 Å². The van der Waals surface area contributed by atoms with E-state index in [1.54, 1.807) is 29.2 Å². The number of likely N-dealkylation sites (tertiary alicyclic amines) is 1. The molecule has 1 saturated heterocycles. The molecule has 1 N–H and O–H groups in total. The maximum Gasteiger partial charge on any atom is 0.229 e. The van der Waals surface area contributed by atoms with Gasteiger partial charge in [0.25, 0.3) is 0 Å². The number of hydrogen-bond donors (Lipinski definition) is 1. The zero-order chi connectivity index (χ0) is 17.6. The minimum Gasteiger partial charge on any atom is -0.342 e. The normalized spacial score (nSPS) is 16.9. The van der Waals surface area contributed by atoms with Gasteiger partial charge in [-0.15, -0.1) is 0 Å². The highest BCUT2D eigenvalue weighted by atomic mass is 35.5. The minimum atomic E-state index is -0.303. The van der Waals surface area contributed by atoms with Gasteiger partial charge in [0.1, 0.15) is 0 Å². The molecule has 2 aromatic carbocycles. The Morgan fingerprint density at radius 3 is 2.72 bits per heavy atom. The Bertz CT molecular complexity index is 748. The lowest BCUT2D eigenvalue weighted by Gasteiger charge is -2.16. The number of carbonyl (C=O) groups is 2. The fraction of sp³-hybridized carbons (Fsp3) is 0.300. The molecule has 4 nitrogen and oxygen atoms in total. The molecular formula is C20H21ClN2O2. The van der Waals surface area contributed by atoms with Crippen molar-refractivity contribution in [3.05, 3.63) is 65.2 Å². The predicted molar refractivity (Wildman–Crippen MR) is 99.5 cm³/mol. The standard InChI is InChI=1S/C20H21ClN2O2/c21-17-9-4-10-18(13-17)22-20(25)16-12-19(24)23(14-16)11-5-8-15-6-2-1-3-7-15/h1-4,6-7,9-10,13,16H,5,8,11-12,14H2,(H,22,25). The molecule has 5 heteroatoms. The molecule has 2 aromatic rings. The number of halogens is 1. The molecule has 0 radical (unpaired) electrons. The van der Waals surface area contributed by atoms with Crippen molar-refractivity contribution in [2.24, 2.45) is 5.92 Å². The van der Waals surface area contributed by atoms with Crippen LogP contribution in [0.3, 0.4) is 0 Å². The van der Waals surface area contributed by atoms with Crippen LogP contribution in [-0.4, -0.2) is 29.8 Å². The van der Waals surface area contributed by atoms with Crippen molar-refractivity contribution in [3.63, 3.8) is 0 Å². The van der Waals surface area contributed by atoms with Crippen molar-refractivity contribution >= 4 is 29.1 Å². The van der Waals surface area contributed by atoms with E-state index in [1.165, 1.54) is 5.56 Å². The van der Waals surface area contributed by atoms with Crippen LogP contribution in [0.4, 0.5) is 5.69 Å². The fourth-order valence-electron chi connectivity index (χ4n) is 3.09. The Labute approximate surface area is 152 Å². The van der Waals surface area contributed by atoms with E-state index in [9.17, 15) is 9.59 Å². The van der Waals surface area contributed by atoms with Crippen molar-refractivity contribution in [2.75, 3.05) is 18.4 Å². The lowest BCUT2D eigenvalue weighted by molar-refractivity contribution is -0.128. The molecule has 0 aromatic heterocycles. The molecule has 1 atom stereocenters. The third kappa shape index (κ3) is 4.83. The third-order valence-electron chi connectivity index (χ3n) is 4.41. The molecule has 1 aliphatic rings. The number of benzene rings is 2. The molecule has 25 heavy (non-hydrogen) atoms. The summed E-state index contributed by atoms with van der Waals surface area (Å²) in [6, 6.07) is 17.3. The highest BCUT2D eigenvalue weighted by Crippen LogP contribution is 2.21. The Balaban J connectivity index is 1.49. The van der Waals surface area contributed by atoms with E-state index >= 15 is 0 Å². The molecule has 0 saturated carbocycles. The first kappa shape index (κ1) is 17.5. The molecular weight excluding hydrogens is 336 g/mol. The lowest BCUT2D eigenvalue weighted by Crippen LogP contribution is -2.29. The summed E-state index contributed by atoms with van der Waals surface area (Å²) in [6.45, 7) is 1.18. The van der Waals surface area contributed by atoms with Crippen LogP contribution in [0.1, 0.15) is 18.4 Å². The van der Waals surface area contributed by atoms with Gasteiger partial charge < -0.3 is 10.2 Å². The average Bonchev–Trinajstić information content (AvgIpc) is 2.97. The van der Waals surface area contributed by atoms with Crippen LogP contribution in [0.25, 0.3) is 0 Å². The van der Waals surface area contributed by atoms with Gasteiger partial charge in [-0.3, -0.25) is 9.59 Å². The Hall–Kier alpha value is -2.33. The van der Waals surface area contributed by atoms with Gasteiger partial charge in [-0.05, 0) is 36.6 Å². The lowest BCUT2D eigenvalue weighted by atomic mass is 10.1. The summed E-state index contributed by atoms with van der Waals surface area (Å²) in [6.07, 6.45) is 2.11. The van der Waals surface area contributed by atoms with E-state index in [0.717, 1.165) is 12.8 Å². The number of anilines is 1. The SMILES string of the molecule is O=C(Nc1cccc(Cl)c1)C1CC(=O)N(CCCc2ccccc2)C1. The summed E-state index contributed by atoms with van der Waals surface area (Å²) in [5, 5.41) is 3.42. The van der Waals surface area contributed by atoms with Crippen molar-refractivity contribution in [1.29, 1.82) is 0 Å². The van der Waals surface area contributed by atoms with E-state index in [2.05, 4.69) is 17.4 Å². The Kier molecular flexibility index (Phi) is 5.71. The quantitative estimate of drug-likeness (QED) is 0.856. The number of nitrogens with one attached hydrogen (secondary N) is 1. The number of rotatable bonds is 6. The third-order valence-corrected chi connectivity index (χ3v) is 4.65. The number of amides is 2. The molecule has 1 aliphatic heterocycles. The second kappa shape index (κ2) is 8.17. The van der Waals surface area contributed by atoms with Crippen molar-refractivity contribution in [3.8, 4) is 0 Å². The van der Waals surface area contributed by atoms with Crippen molar-refractivity contribution < 1.29 is 9.59 Å². The summed E-state index contributed by atoms with van der Waals surface area (Å²) in [5.41, 5.74) is 1.93. The van der Waals surface area contributed by atoms with Crippen molar-refractivity contribution in [2.45, 2.75) is 19.3 Å². The first-order chi connectivity index (χ1) is 12.1. The van der Waals surface area contributed by atoms with Crippen LogP contribution in [0.15, 0.2) is 54.6 Å². The van der Waals surface area contributed by atoms with E-state index in [4.69, 9.17) is 11.6 Å². The van der Waals surface area contributed by atoms with Crippen LogP contribution in [0.2, 0.25) is 5.02 Å². The highest BCUT2D eigenvalue weighted by Gasteiger charge is 2.33. The number of carbonyl (C=O) groups excluding carboxylic acids is 2. The van der Waals surface area contributed by atoms with E-state index in [0.29, 0.717) is 23.8 Å². The molecule has 0 aliphatic carbocycles. The zero-order valence-electron chi connectivity index (χ0n) is 14.0. The van der Waals surface area contributed by atoms with Gasteiger partial charge in [-0.2, -0.15) is 0 Å². The Morgan fingerprint density at radius 2 is 1.96 bits per heavy atom. The number of aryl methyl sites for hydroxylation is 1. The van der Waals surface area contributed by atoms with E-state index in [1.807, 2.05) is 18.2 Å². The molecule has 0 spiro atoms. The first-order valence-corrected chi connectivity index (χ1v) is 8.88. The summed E-state index contributed by atoms with van der Waals surface area (Å²) in [7, 11) is 0. The van der Waals surface area contributed by atoms with Crippen LogP contribution < -0.4 is 5.32 Å². The van der Waals surface area contributed by atoms with Crippen LogP contribution in [0, 0.1) is 5.92 Å². The van der Waals surface area contributed by atoms with Crippen LogP contribution in [-0.2, 0) is 16.0 Å². The smallest absolute Gasteiger partial charge is 0.229 e. The highest BCUT2D eigenvalue weighted by molar-refractivity contribution is 6.30. The monoisotopic (exact) mass is 356 g/mol. The second-order valence-corrected chi connectivity index (χ2v) is 6.77. The second-order valence-electron chi connectivity index (χ2n) is 6.33. The van der Waals surface area contributed by atoms with Gasteiger partial charge in [0, 0.05) is 30.2 Å². The minimum absolute atomic E-state index is 0.0549. The number of nitrogens with zero attached hydrogens (tertiary/aromatic N) is 1. The van der Waals surface area contributed by atoms with Gasteiger partial charge in [0.05, 0.1) is 5.92 Å².